The first-order chi connectivity index (χ1) is 32.5. The number of sulfone groups is 1. The van der Waals surface area contributed by atoms with Gasteiger partial charge in [0, 0.05) is 78.3 Å². The molecule has 5 aromatic rings. The molecule has 1 amide bonds. The highest BCUT2D eigenvalue weighted by Gasteiger charge is 2.48. The molecule has 1 atom stereocenters. The molecule has 2 saturated heterocycles. The summed E-state index contributed by atoms with van der Waals surface area (Å²) in [5.41, 5.74) is -1.87. The predicted molar refractivity (Wildman–Crippen MR) is 267 cm³/mol. The number of piperazine rings is 1. The van der Waals surface area contributed by atoms with Crippen LogP contribution in [-0.4, -0.2) is 120 Å². The van der Waals surface area contributed by atoms with E-state index in [0.717, 1.165) is 92.5 Å². The van der Waals surface area contributed by atoms with Crippen molar-refractivity contribution >= 4 is 60.5 Å². The molecule has 2 fully saturated rings. The zero-order valence-electron chi connectivity index (χ0n) is 38.2. The average molecular weight is 1010 g/mol. The van der Waals surface area contributed by atoms with Crippen LogP contribution in [0.25, 0.3) is 11.1 Å². The molecular formula is C50H58ClF3N6O5S3. The van der Waals surface area contributed by atoms with Gasteiger partial charge in [0.25, 0.3) is 25.8 Å². The monoisotopic (exact) mass is 1010 g/mol. The summed E-state index contributed by atoms with van der Waals surface area (Å²) in [6.07, 6.45) is 2.46. The summed E-state index contributed by atoms with van der Waals surface area (Å²) in [6, 6.07) is 34.4. The number of nitrogens with zero attached hydrogens (tertiary/aromatic N) is 4. The summed E-state index contributed by atoms with van der Waals surface area (Å²) >= 11 is 7.60. The van der Waals surface area contributed by atoms with E-state index in [-0.39, 0.29) is 11.3 Å². The first-order valence-corrected chi connectivity index (χ1v) is 27.2. The largest absolute Gasteiger partial charge is 0.501 e. The van der Waals surface area contributed by atoms with Crippen LogP contribution in [0.15, 0.2) is 136 Å². The molecule has 0 unspecified atom stereocenters. The number of thioether (sulfide) groups is 1. The van der Waals surface area contributed by atoms with Crippen molar-refractivity contribution in [2.75, 3.05) is 74.9 Å². The first-order valence-electron chi connectivity index (χ1n) is 22.9. The molecule has 0 spiro atoms. The molecule has 0 aromatic heterocycles. The van der Waals surface area contributed by atoms with Gasteiger partial charge in [-0.15, -0.1) is 11.8 Å². The highest BCUT2D eigenvalue weighted by atomic mass is 35.5. The quantitative estimate of drug-likeness (QED) is 0.0770. The van der Waals surface area contributed by atoms with Crippen molar-refractivity contribution in [2.45, 2.75) is 71.9 Å². The zero-order chi connectivity index (χ0) is 48.5. The number of benzene rings is 5. The van der Waals surface area contributed by atoms with E-state index in [2.05, 4.69) is 50.9 Å². The van der Waals surface area contributed by atoms with Gasteiger partial charge in [0.2, 0.25) is 0 Å². The van der Waals surface area contributed by atoms with Gasteiger partial charge in [0.15, 0.2) is 0 Å². The third-order valence-electron chi connectivity index (χ3n) is 12.8. The molecule has 11 nitrogen and oxygen atoms in total. The number of likely N-dealkylation sites (tertiary alicyclic amines) is 1. The van der Waals surface area contributed by atoms with Gasteiger partial charge in [0.05, 0.1) is 10.6 Å². The number of halogens is 4. The van der Waals surface area contributed by atoms with Crippen LogP contribution in [0.3, 0.4) is 0 Å². The van der Waals surface area contributed by atoms with Crippen molar-refractivity contribution in [3.63, 3.8) is 0 Å². The molecule has 5 aromatic carbocycles. The van der Waals surface area contributed by atoms with Gasteiger partial charge in [0.1, 0.15) is 4.90 Å². The van der Waals surface area contributed by atoms with Gasteiger partial charge in [-0.1, -0.05) is 80.0 Å². The summed E-state index contributed by atoms with van der Waals surface area (Å²) < 4.78 is 98.4. The fourth-order valence-corrected chi connectivity index (χ4v) is 12.0. The fraction of sp³-hybridized carbons (Fsp3) is 0.380. The Hall–Kier alpha value is -4.62. The Bertz CT molecular complexity index is 2680. The van der Waals surface area contributed by atoms with Crippen LogP contribution < -0.4 is 14.9 Å². The molecule has 18 heteroatoms. The molecule has 2 aliphatic heterocycles. The number of carbonyl (C=O) groups is 1. The average Bonchev–Trinajstić information content (AvgIpc) is 3.34. The number of sulfonamides is 1. The van der Waals surface area contributed by atoms with E-state index in [9.17, 15) is 34.8 Å². The van der Waals surface area contributed by atoms with Crippen LogP contribution in [0.2, 0.25) is 5.02 Å². The molecule has 0 bridgehead atoms. The molecule has 68 heavy (non-hydrogen) atoms. The second kappa shape index (κ2) is 22.9. The van der Waals surface area contributed by atoms with Gasteiger partial charge in [-0.3, -0.25) is 9.69 Å². The van der Waals surface area contributed by atoms with Gasteiger partial charge in [-0.25, -0.2) is 21.6 Å². The molecule has 7 rings (SSSR count). The lowest BCUT2D eigenvalue weighted by molar-refractivity contribution is -0.0435. The number of amides is 1. The van der Waals surface area contributed by atoms with Crippen LogP contribution in [-0.2, 0) is 26.4 Å². The number of piperidine rings is 1. The number of nitrogens with one attached hydrogen (secondary N) is 2. The molecular weight excluding hydrogens is 953 g/mol. The highest BCUT2D eigenvalue weighted by Crippen LogP contribution is 2.37. The van der Waals surface area contributed by atoms with Crippen molar-refractivity contribution in [1.82, 2.24) is 19.4 Å². The van der Waals surface area contributed by atoms with Crippen molar-refractivity contribution in [3.8, 4) is 11.1 Å². The number of carbonyl (C=O) groups excluding carboxylic acids is 1. The number of hydrogen-bond donors (Lipinski definition) is 2. The van der Waals surface area contributed by atoms with Crippen LogP contribution in [0.4, 0.5) is 24.5 Å². The Kier molecular flexibility index (Phi) is 17.2. The summed E-state index contributed by atoms with van der Waals surface area (Å²) in [5, 5.41) is 3.73. The van der Waals surface area contributed by atoms with Gasteiger partial charge < -0.3 is 20.0 Å². The minimum atomic E-state index is -6.06. The molecule has 0 radical (unpaired) electrons. The van der Waals surface area contributed by atoms with Crippen LogP contribution in [0, 0.1) is 0 Å². The SMILES string of the molecule is CCN(CC)C1CCN(CC[C@H](CSc2ccccc2)Nc2ccc(S(=O)(=O)NC(=O)c3ccc(N4CCN(Cc5ccccc5-c5ccc(Cl)cc5)CC4)cc3)cc2S(=O)(=O)C(F)(F)F)CC1. The second-order valence-corrected chi connectivity index (χ2v) is 22.2. The van der Waals surface area contributed by atoms with Crippen molar-refractivity contribution < 1.29 is 34.8 Å². The second-order valence-electron chi connectivity index (χ2n) is 17.1. The normalized spacial score (nSPS) is 16.2. The predicted octanol–water partition coefficient (Wildman–Crippen LogP) is 9.51. The Balaban J connectivity index is 1.01. The summed E-state index contributed by atoms with van der Waals surface area (Å²) in [5.74, 6) is -0.639. The highest BCUT2D eigenvalue weighted by molar-refractivity contribution is 7.99. The summed E-state index contributed by atoms with van der Waals surface area (Å²) in [4.78, 5) is 21.5. The topological polar surface area (TPSA) is 122 Å². The third kappa shape index (κ3) is 13.0. The Morgan fingerprint density at radius 1 is 0.794 bits per heavy atom. The Labute approximate surface area is 408 Å². The van der Waals surface area contributed by atoms with E-state index in [0.29, 0.717) is 48.9 Å². The minimum absolute atomic E-state index is 0.00720. The van der Waals surface area contributed by atoms with Crippen molar-refractivity contribution in [1.29, 1.82) is 0 Å². The Morgan fingerprint density at radius 2 is 1.44 bits per heavy atom. The Morgan fingerprint density at radius 3 is 2.09 bits per heavy atom. The number of rotatable bonds is 19. The standard InChI is InChI=1S/C50H58ClF3N6O5S3/c1-3-59(4-2)43-25-28-57(29-26-43)27-24-41(36-66-44-11-6-5-7-12-44)55-47-23-22-45(34-48(47)67(62,63)50(52,53)54)68(64,65)56-49(61)38-16-20-42(21-17-38)60-32-30-58(31-33-60)35-39-10-8-9-13-46(39)37-14-18-40(51)19-15-37/h5-23,34,41,43,55H,3-4,24-33,35-36H2,1-2H3,(H,56,61)/t41-/m1/s1. The maximum absolute atomic E-state index is 14.3. The van der Waals surface area contributed by atoms with Gasteiger partial charge >= 0.3 is 5.51 Å². The lowest BCUT2D eigenvalue weighted by Gasteiger charge is -2.38. The summed E-state index contributed by atoms with van der Waals surface area (Å²) in [7, 11) is -10.9. The first kappa shape index (κ1) is 51.2. The summed E-state index contributed by atoms with van der Waals surface area (Å²) in [6.45, 7) is 12.3. The van der Waals surface area contributed by atoms with Gasteiger partial charge in [-0.2, -0.15) is 13.2 Å². The van der Waals surface area contributed by atoms with Gasteiger partial charge in [-0.05, 0) is 129 Å². The molecule has 2 aliphatic rings. The number of hydrogen-bond acceptors (Lipinski definition) is 11. The fourth-order valence-electron chi connectivity index (χ4n) is 8.89. The molecule has 0 saturated carbocycles. The molecule has 2 heterocycles. The maximum Gasteiger partial charge on any atom is 0.501 e. The van der Waals surface area contributed by atoms with E-state index in [1.165, 1.54) is 29.5 Å². The van der Waals surface area contributed by atoms with E-state index in [1.54, 1.807) is 12.1 Å². The van der Waals surface area contributed by atoms with Crippen molar-refractivity contribution in [2.24, 2.45) is 0 Å². The lowest BCUT2D eigenvalue weighted by Crippen LogP contribution is -2.46. The molecule has 0 aliphatic carbocycles. The van der Waals surface area contributed by atoms with Crippen LogP contribution >= 0.6 is 23.4 Å². The number of alkyl halides is 3. The van der Waals surface area contributed by atoms with Crippen LogP contribution in [0.5, 0.6) is 0 Å². The number of anilines is 2. The van der Waals surface area contributed by atoms with E-state index >= 15 is 0 Å². The third-order valence-corrected chi connectivity index (χ3v) is 17.0. The van der Waals surface area contributed by atoms with Crippen LogP contribution in [0.1, 0.15) is 49.0 Å². The van der Waals surface area contributed by atoms with Crippen molar-refractivity contribution in [3.05, 3.63) is 137 Å². The maximum atomic E-state index is 14.3. The van der Waals surface area contributed by atoms with E-state index in [1.807, 2.05) is 71.5 Å². The lowest BCUT2D eigenvalue weighted by atomic mass is 9.99. The smallest absolute Gasteiger partial charge is 0.380 e. The molecule has 2 N–H and O–H groups in total. The van der Waals surface area contributed by atoms with E-state index < -0.39 is 47.1 Å². The minimum Gasteiger partial charge on any atom is -0.380 e. The molecule has 364 valence electrons. The van der Waals surface area contributed by atoms with E-state index in [4.69, 9.17) is 11.6 Å². The zero-order valence-corrected chi connectivity index (χ0v) is 41.4.